The van der Waals surface area contributed by atoms with Crippen LogP contribution in [0, 0.1) is 0 Å². The molecule has 1 rings (SSSR count). The standard InChI is InChI=1S/C17H33ClN2O/c1-2-3-4-5-6-7-8-10-17(21)20-13-9-12-19(14-11-18)15-16-20/h2-16H2,1H3. The summed E-state index contributed by atoms with van der Waals surface area (Å²) < 4.78 is 0. The van der Waals surface area contributed by atoms with Crippen molar-refractivity contribution in [3.8, 4) is 0 Å². The molecule has 0 aromatic heterocycles. The van der Waals surface area contributed by atoms with Crippen LogP contribution in [-0.4, -0.2) is 54.3 Å². The molecule has 0 N–H and O–H groups in total. The number of amides is 1. The van der Waals surface area contributed by atoms with Crippen molar-refractivity contribution in [2.24, 2.45) is 0 Å². The second-order valence-electron chi connectivity index (χ2n) is 6.14. The van der Waals surface area contributed by atoms with Crippen molar-refractivity contribution in [3.63, 3.8) is 0 Å². The van der Waals surface area contributed by atoms with Gasteiger partial charge in [0.25, 0.3) is 0 Å². The van der Waals surface area contributed by atoms with Gasteiger partial charge in [0.05, 0.1) is 0 Å². The smallest absolute Gasteiger partial charge is 0.222 e. The molecule has 1 heterocycles. The first-order chi connectivity index (χ1) is 10.3. The molecule has 0 spiro atoms. The third-order valence-electron chi connectivity index (χ3n) is 4.34. The van der Waals surface area contributed by atoms with Gasteiger partial charge in [-0.05, 0) is 19.4 Å². The number of rotatable bonds is 10. The van der Waals surface area contributed by atoms with Crippen LogP contribution >= 0.6 is 11.6 Å². The van der Waals surface area contributed by atoms with E-state index in [2.05, 4.69) is 16.7 Å². The van der Waals surface area contributed by atoms with Crippen LogP contribution < -0.4 is 0 Å². The Morgan fingerprint density at radius 2 is 1.67 bits per heavy atom. The minimum Gasteiger partial charge on any atom is -0.341 e. The Bertz CT molecular complexity index is 274. The maximum atomic E-state index is 12.2. The molecule has 1 saturated heterocycles. The fraction of sp³-hybridized carbons (Fsp3) is 0.941. The van der Waals surface area contributed by atoms with E-state index in [9.17, 15) is 4.79 Å². The van der Waals surface area contributed by atoms with Gasteiger partial charge >= 0.3 is 0 Å². The summed E-state index contributed by atoms with van der Waals surface area (Å²) in [4.78, 5) is 16.7. The summed E-state index contributed by atoms with van der Waals surface area (Å²) in [6.45, 7) is 7.05. The molecule has 21 heavy (non-hydrogen) atoms. The first kappa shape index (κ1) is 18.8. The number of carbonyl (C=O) groups is 1. The molecule has 4 heteroatoms. The van der Waals surface area contributed by atoms with Crippen molar-refractivity contribution in [1.82, 2.24) is 9.80 Å². The summed E-state index contributed by atoms with van der Waals surface area (Å²) in [6, 6.07) is 0. The molecule has 3 nitrogen and oxygen atoms in total. The zero-order valence-corrected chi connectivity index (χ0v) is 14.5. The number of unbranched alkanes of at least 4 members (excludes halogenated alkanes) is 6. The maximum Gasteiger partial charge on any atom is 0.222 e. The number of halogens is 1. The Kier molecular flexibility index (Phi) is 11.0. The average Bonchev–Trinajstić information content (AvgIpc) is 2.72. The topological polar surface area (TPSA) is 23.6 Å². The molecule has 0 aliphatic carbocycles. The van der Waals surface area contributed by atoms with E-state index >= 15 is 0 Å². The predicted octanol–water partition coefficient (Wildman–Crippen LogP) is 3.90. The van der Waals surface area contributed by atoms with Gasteiger partial charge < -0.3 is 9.80 Å². The summed E-state index contributed by atoms with van der Waals surface area (Å²) >= 11 is 5.79. The molecule has 0 aromatic rings. The molecule has 1 amide bonds. The monoisotopic (exact) mass is 316 g/mol. The second kappa shape index (κ2) is 12.3. The van der Waals surface area contributed by atoms with E-state index < -0.39 is 0 Å². The van der Waals surface area contributed by atoms with Gasteiger partial charge in [0.2, 0.25) is 5.91 Å². The van der Waals surface area contributed by atoms with Crippen LogP contribution in [0.15, 0.2) is 0 Å². The Morgan fingerprint density at radius 3 is 2.38 bits per heavy atom. The molecular weight excluding hydrogens is 284 g/mol. The highest BCUT2D eigenvalue weighted by atomic mass is 35.5. The van der Waals surface area contributed by atoms with Gasteiger partial charge in [0.1, 0.15) is 0 Å². The lowest BCUT2D eigenvalue weighted by atomic mass is 10.1. The molecule has 0 saturated carbocycles. The van der Waals surface area contributed by atoms with E-state index in [0.29, 0.717) is 11.8 Å². The Labute approximate surface area is 136 Å². The van der Waals surface area contributed by atoms with Gasteiger partial charge in [-0.3, -0.25) is 4.79 Å². The lowest BCUT2D eigenvalue weighted by molar-refractivity contribution is -0.131. The molecule has 124 valence electrons. The third kappa shape index (κ3) is 8.67. The minimum absolute atomic E-state index is 0.358. The van der Waals surface area contributed by atoms with Gasteiger partial charge in [-0.25, -0.2) is 0 Å². The SMILES string of the molecule is CCCCCCCCCC(=O)N1CCCN(CCCl)CC1. The molecule has 1 fully saturated rings. The highest BCUT2D eigenvalue weighted by Crippen LogP contribution is 2.11. The van der Waals surface area contributed by atoms with Crippen LogP contribution in [-0.2, 0) is 4.79 Å². The minimum atomic E-state index is 0.358. The average molecular weight is 317 g/mol. The largest absolute Gasteiger partial charge is 0.341 e. The molecule has 0 radical (unpaired) electrons. The Balaban J connectivity index is 2.08. The third-order valence-corrected chi connectivity index (χ3v) is 4.51. The highest BCUT2D eigenvalue weighted by molar-refractivity contribution is 6.18. The molecular formula is C17H33ClN2O. The summed E-state index contributed by atoms with van der Waals surface area (Å²) in [7, 11) is 0. The molecule has 0 atom stereocenters. The lowest BCUT2D eigenvalue weighted by Crippen LogP contribution is -2.35. The Hall–Kier alpha value is -0.280. The van der Waals surface area contributed by atoms with E-state index in [1.54, 1.807) is 0 Å². The summed E-state index contributed by atoms with van der Waals surface area (Å²) in [5, 5.41) is 0. The second-order valence-corrected chi connectivity index (χ2v) is 6.51. The van der Waals surface area contributed by atoms with Gasteiger partial charge in [0, 0.05) is 38.5 Å². The van der Waals surface area contributed by atoms with Gasteiger partial charge in [0.15, 0.2) is 0 Å². The van der Waals surface area contributed by atoms with Crippen LogP contribution in [0.2, 0.25) is 0 Å². The number of carbonyl (C=O) groups excluding carboxylic acids is 1. The van der Waals surface area contributed by atoms with E-state index in [1.165, 1.54) is 38.5 Å². The maximum absolute atomic E-state index is 12.2. The zero-order valence-electron chi connectivity index (χ0n) is 13.8. The molecule has 1 aliphatic rings. The van der Waals surface area contributed by atoms with Crippen LogP contribution in [0.1, 0.15) is 64.7 Å². The summed E-state index contributed by atoms with van der Waals surface area (Å²) in [6.07, 6.45) is 10.7. The predicted molar refractivity (Wildman–Crippen MR) is 91.0 cm³/mol. The first-order valence-corrected chi connectivity index (χ1v) is 9.37. The van der Waals surface area contributed by atoms with Gasteiger partial charge in [-0.15, -0.1) is 11.6 Å². The van der Waals surface area contributed by atoms with E-state index in [1.807, 2.05) is 0 Å². The van der Waals surface area contributed by atoms with Crippen LogP contribution in [0.4, 0.5) is 0 Å². The number of alkyl halides is 1. The summed E-state index contributed by atoms with van der Waals surface area (Å²) in [5.74, 6) is 1.04. The molecule has 0 bridgehead atoms. The van der Waals surface area contributed by atoms with Gasteiger partial charge in [-0.2, -0.15) is 0 Å². The number of nitrogens with zero attached hydrogens (tertiary/aromatic N) is 2. The Morgan fingerprint density at radius 1 is 0.952 bits per heavy atom. The van der Waals surface area contributed by atoms with Crippen molar-refractivity contribution in [2.45, 2.75) is 64.7 Å². The van der Waals surface area contributed by atoms with Crippen molar-refractivity contribution < 1.29 is 4.79 Å². The van der Waals surface area contributed by atoms with E-state index in [4.69, 9.17) is 11.6 Å². The fourth-order valence-corrected chi connectivity index (χ4v) is 3.19. The normalized spacial score (nSPS) is 17.0. The quantitative estimate of drug-likeness (QED) is 0.451. The van der Waals surface area contributed by atoms with Crippen LogP contribution in [0.25, 0.3) is 0 Å². The van der Waals surface area contributed by atoms with Crippen molar-refractivity contribution in [1.29, 1.82) is 0 Å². The van der Waals surface area contributed by atoms with Crippen LogP contribution in [0.3, 0.4) is 0 Å². The molecule has 0 unspecified atom stereocenters. The van der Waals surface area contributed by atoms with Crippen molar-refractivity contribution in [2.75, 3.05) is 38.6 Å². The van der Waals surface area contributed by atoms with Crippen molar-refractivity contribution >= 4 is 17.5 Å². The fourth-order valence-electron chi connectivity index (χ4n) is 2.95. The first-order valence-electron chi connectivity index (χ1n) is 8.84. The zero-order chi connectivity index (χ0) is 15.3. The van der Waals surface area contributed by atoms with Gasteiger partial charge in [-0.1, -0.05) is 45.4 Å². The number of hydrogen-bond donors (Lipinski definition) is 0. The number of hydrogen-bond acceptors (Lipinski definition) is 2. The van der Waals surface area contributed by atoms with Crippen LogP contribution in [0.5, 0.6) is 0 Å². The summed E-state index contributed by atoms with van der Waals surface area (Å²) in [5.41, 5.74) is 0. The van der Waals surface area contributed by atoms with E-state index in [-0.39, 0.29) is 0 Å². The highest BCUT2D eigenvalue weighted by Gasteiger charge is 2.18. The lowest BCUT2D eigenvalue weighted by Gasteiger charge is -2.21. The van der Waals surface area contributed by atoms with E-state index in [0.717, 1.165) is 52.0 Å². The molecule has 0 aromatic carbocycles. The van der Waals surface area contributed by atoms with Crippen molar-refractivity contribution in [3.05, 3.63) is 0 Å². The molecule has 1 aliphatic heterocycles.